The van der Waals surface area contributed by atoms with Crippen LogP contribution in [0.3, 0.4) is 0 Å². The van der Waals surface area contributed by atoms with Crippen molar-refractivity contribution in [3.8, 4) is 0 Å². The number of hydrogen-bond acceptors (Lipinski definition) is 5. The maximum absolute atomic E-state index is 12.9. The second-order valence-corrected chi connectivity index (χ2v) is 7.96. The van der Waals surface area contributed by atoms with Crippen molar-refractivity contribution in [2.75, 3.05) is 13.1 Å². The summed E-state index contributed by atoms with van der Waals surface area (Å²) in [6.45, 7) is 0.548. The van der Waals surface area contributed by atoms with E-state index in [0.717, 1.165) is 5.56 Å². The maximum atomic E-state index is 12.9. The highest BCUT2D eigenvalue weighted by Gasteiger charge is 2.46. The monoisotopic (exact) mass is 410 g/mol. The summed E-state index contributed by atoms with van der Waals surface area (Å²) in [5, 5.41) is 17.9. The van der Waals surface area contributed by atoms with Gasteiger partial charge < -0.3 is 19.9 Å². The third-order valence-corrected chi connectivity index (χ3v) is 6.13. The number of aryl methyl sites for hydroxylation is 1. The van der Waals surface area contributed by atoms with Gasteiger partial charge in [-0.3, -0.25) is 9.59 Å². The zero-order chi connectivity index (χ0) is 20.4. The number of carbonyl (C=O) groups excluding carboxylic acids is 2. The molecule has 2 atom stereocenters. The number of rotatable bonds is 4. The molecule has 2 amide bonds. The normalized spacial score (nSPS) is 21.7. The van der Waals surface area contributed by atoms with Gasteiger partial charge in [-0.25, -0.2) is 4.98 Å². The molecule has 0 spiro atoms. The van der Waals surface area contributed by atoms with Gasteiger partial charge >= 0.3 is 0 Å². The number of likely N-dealkylation sites (tertiary alicyclic amines) is 1. The van der Waals surface area contributed by atoms with Gasteiger partial charge in [-0.1, -0.05) is 30.3 Å². The minimum Gasteiger partial charge on any atom is -0.388 e. The number of aromatic nitrogens is 2. The highest BCUT2D eigenvalue weighted by Crippen LogP contribution is 2.34. The first kappa shape index (κ1) is 19.4. The Bertz CT molecular complexity index is 1000. The smallest absolute Gasteiger partial charge is 0.288 e. The summed E-state index contributed by atoms with van der Waals surface area (Å²) in [6, 6.07) is 11.2. The average Bonchev–Trinajstić information content (AvgIpc) is 3.41. The minimum atomic E-state index is -1.00. The molecular weight excluding hydrogens is 388 g/mol. The topological polar surface area (TPSA) is 87.5 Å². The number of amides is 2. The standard InChI is InChI=1S/C21H22N4O3S/c1-24-11-9-22-18(24)19(27)23-21(16-5-3-2-4-6-16)8-10-25(13-17(21)26)20(28)15-7-12-29-14-15/h2-7,9,11-12,14,17,26H,8,10,13H2,1H3,(H,23,27)/t17-,21+/m1/s1. The van der Waals surface area contributed by atoms with Crippen LogP contribution in [0.15, 0.2) is 59.6 Å². The van der Waals surface area contributed by atoms with Gasteiger partial charge in [0.15, 0.2) is 5.82 Å². The van der Waals surface area contributed by atoms with Gasteiger partial charge in [-0.2, -0.15) is 11.3 Å². The number of β-amino-alcohol motifs (C(OH)–C–C–N with tert-alkyl or cyclic N) is 1. The van der Waals surface area contributed by atoms with E-state index in [4.69, 9.17) is 0 Å². The Kier molecular flexibility index (Phi) is 5.21. The number of aliphatic hydroxyl groups excluding tert-OH is 1. The predicted octanol–water partition coefficient (Wildman–Crippen LogP) is 2.01. The predicted molar refractivity (Wildman–Crippen MR) is 110 cm³/mol. The summed E-state index contributed by atoms with van der Waals surface area (Å²) in [5.74, 6) is -0.204. The lowest BCUT2D eigenvalue weighted by molar-refractivity contribution is -0.0109. The van der Waals surface area contributed by atoms with E-state index in [9.17, 15) is 14.7 Å². The van der Waals surface area contributed by atoms with E-state index in [1.54, 1.807) is 40.4 Å². The Morgan fingerprint density at radius 2 is 2.07 bits per heavy atom. The zero-order valence-electron chi connectivity index (χ0n) is 16.0. The molecule has 150 valence electrons. The fraction of sp³-hybridized carbons (Fsp3) is 0.286. The number of piperidine rings is 1. The van der Waals surface area contributed by atoms with Gasteiger partial charge in [0, 0.05) is 37.9 Å². The Balaban J connectivity index is 1.63. The number of hydrogen-bond donors (Lipinski definition) is 2. The first-order valence-corrected chi connectivity index (χ1v) is 10.3. The molecule has 0 saturated carbocycles. The van der Waals surface area contributed by atoms with Crippen LogP contribution in [0.25, 0.3) is 0 Å². The number of carbonyl (C=O) groups is 2. The van der Waals surface area contributed by atoms with Gasteiger partial charge in [0.25, 0.3) is 11.8 Å². The Labute approximate surface area is 172 Å². The SMILES string of the molecule is Cn1ccnc1C(=O)N[C@]1(c2ccccc2)CCN(C(=O)c2ccsc2)C[C@H]1O. The van der Waals surface area contributed by atoms with E-state index in [-0.39, 0.29) is 24.2 Å². The number of thiophene rings is 1. The van der Waals surface area contributed by atoms with Crippen molar-refractivity contribution in [3.05, 3.63) is 76.5 Å². The highest BCUT2D eigenvalue weighted by atomic mass is 32.1. The first-order chi connectivity index (χ1) is 14.0. The largest absolute Gasteiger partial charge is 0.388 e. The van der Waals surface area contributed by atoms with Crippen LogP contribution < -0.4 is 5.32 Å². The molecule has 2 aromatic heterocycles. The molecular formula is C21H22N4O3S. The van der Waals surface area contributed by atoms with E-state index in [1.165, 1.54) is 11.3 Å². The van der Waals surface area contributed by atoms with Crippen molar-refractivity contribution in [1.29, 1.82) is 0 Å². The number of nitrogens with zero attached hydrogens (tertiary/aromatic N) is 3. The molecule has 0 aliphatic carbocycles. The second kappa shape index (κ2) is 7.81. The van der Waals surface area contributed by atoms with Crippen molar-refractivity contribution in [2.45, 2.75) is 18.1 Å². The second-order valence-electron chi connectivity index (χ2n) is 7.18. The fourth-order valence-electron chi connectivity index (χ4n) is 3.82. The molecule has 1 fully saturated rings. The van der Waals surface area contributed by atoms with Crippen LogP contribution in [0.2, 0.25) is 0 Å². The molecule has 0 radical (unpaired) electrons. The van der Waals surface area contributed by atoms with Gasteiger partial charge in [0.1, 0.15) is 0 Å². The summed E-state index contributed by atoms with van der Waals surface area (Å²) in [6.07, 6.45) is 2.68. The summed E-state index contributed by atoms with van der Waals surface area (Å²) in [5.41, 5.74) is 0.416. The molecule has 4 rings (SSSR count). The van der Waals surface area contributed by atoms with Crippen LogP contribution in [0, 0.1) is 0 Å². The van der Waals surface area contributed by atoms with Crippen molar-refractivity contribution < 1.29 is 14.7 Å². The number of aliphatic hydroxyl groups is 1. The summed E-state index contributed by atoms with van der Waals surface area (Å²) in [4.78, 5) is 31.4. The van der Waals surface area contributed by atoms with Crippen LogP contribution in [0.4, 0.5) is 0 Å². The molecule has 3 aromatic rings. The molecule has 1 aromatic carbocycles. The van der Waals surface area contributed by atoms with Gasteiger partial charge in [0.2, 0.25) is 0 Å². The summed E-state index contributed by atoms with van der Waals surface area (Å²) in [7, 11) is 1.75. The van der Waals surface area contributed by atoms with Crippen LogP contribution >= 0.6 is 11.3 Å². The number of imidazole rings is 1. The molecule has 1 aliphatic rings. The third-order valence-electron chi connectivity index (χ3n) is 5.44. The molecule has 1 saturated heterocycles. The minimum absolute atomic E-state index is 0.109. The molecule has 1 aliphatic heterocycles. The summed E-state index contributed by atoms with van der Waals surface area (Å²) >= 11 is 1.46. The van der Waals surface area contributed by atoms with Crippen LogP contribution in [-0.4, -0.2) is 50.6 Å². The Hall–Kier alpha value is -2.97. The molecule has 7 nitrogen and oxygen atoms in total. The Morgan fingerprint density at radius 1 is 1.28 bits per heavy atom. The molecule has 2 N–H and O–H groups in total. The van der Waals surface area contributed by atoms with E-state index < -0.39 is 11.6 Å². The Morgan fingerprint density at radius 3 is 2.69 bits per heavy atom. The lowest BCUT2D eigenvalue weighted by Gasteiger charge is -2.46. The molecule has 8 heteroatoms. The van der Waals surface area contributed by atoms with Crippen molar-refractivity contribution >= 4 is 23.2 Å². The van der Waals surface area contributed by atoms with E-state index in [1.807, 2.05) is 35.7 Å². The molecule has 3 heterocycles. The summed E-state index contributed by atoms with van der Waals surface area (Å²) < 4.78 is 1.63. The quantitative estimate of drug-likeness (QED) is 0.689. The van der Waals surface area contributed by atoms with Crippen molar-refractivity contribution in [1.82, 2.24) is 19.8 Å². The van der Waals surface area contributed by atoms with E-state index in [2.05, 4.69) is 10.3 Å². The van der Waals surface area contributed by atoms with E-state index >= 15 is 0 Å². The molecule has 0 bridgehead atoms. The van der Waals surface area contributed by atoms with Crippen LogP contribution in [0.5, 0.6) is 0 Å². The lowest BCUT2D eigenvalue weighted by Crippen LogP contribution is -2.62. The first-order valence-electron chi connectivity index (χ1n) is 9.36. The van der Waals surface area contributed by atoms with Crippen LogP contribution in [-0.2, 0) is 12.6 Å². The van der Waals surface area contributed by atoms with Gasteiger partial charge in [-0.05, 0) is 23.4 Å². The van der Waals surface area contributed by atoms with Crippen LogP contribution in [0.1, 0.15) is 33.0 Å². The average molecular weight is 410 g/mol. The van der Waals surface area contributed by atoms with Gasteiger partial charge in [0.05, 0.1) is 17.2 Å². The fourth-order valence-corrected chi connectivity index (χ4v) is 4.45. The maximum Gasteiger partial charge on any atom is 0.288 e. The lowest BCUT2D eigenvalue weighted by atomic mass is 9.78. The zero-order valence-corrected chi connectivity index (χ0v) is 16.8. The molecule has 29 heavy (non-hydrogen) atoms. The highest BCUT2D eigenvalue weighted by molar-refractivity contribution is 7.08. The third kappa shape index (κ3) is 3.56. The van der Waals surface area contributed by atoms with Crippen molar-refractivity contribution in [2.24, 2.45) is 7.05 Å². The van der Waals surface area contributed by atoms with Crippen molar-refractivity contribution in [3.63, 3.8) is 0 Å². The number of nitrogens with one attached hydrogen (secondary N) is 1. The molecule has 0 unspecified atom stereocenters. The van der Waals surface area contributed by atoms with E-state index in [0.29, 0.717) is 18.5 Å². The number of benzene rings is 1. The van der Waals surface area contributed by atoms with Gasteiger partial charge in [-0.15, -0.1) is 0 Å².